The lowest BCUT2D eigenvalue weighted by Gasteiger charge is -2.38. The third-order valence-electron chi connectivity index (χ3n) is 21.6. The quantitative estimate of drug-likeness (QED) is 0.00896. The van der Waals surface area contributed by atoms with Crippen LogP contribution in [0.2, 0.25) is 0 Å². The number of primary amides is 1. The molecule has 0 aliphatic carbocycles. The molecule has 28 nitrogen and oxygen atoms in total. The van der Waals surface area contributed by atoms with Gasteiger partial charge in [0.1, 0.15) is 41.2 Å². The van der Waals surface area contributed by atoms with Gasteiger partial charge in [-0.2, -0.15) is 0 Å². The first-order valence-electron chi connectivity index (χ1n) is 37.7. The number of methoxy groups -OCH3 is 1. The molecule has 592 valence electrons. The summed E-state index contributed by atoms with van der Waals surface area (Å²) in [7, 11) is 1.43. The number of hydrogen-bond donors (Lipinski definition) is 9. The van der Waals surface area contributed by atoms with Crippen molar-refractivity contribution in [1.82, 2.24) is 20.5 Å². The van der Waals surface area contributed by atoms with Crippen molar-refractivity contribution >= 4 is 103 Å². The van der Waals surface area contributed by atoms with E-state index >= 15 is 4.79 Å². The van der Waals surface area contributed by atoms with Gasteiger partial charge in [-0.15, -0.1) is 0 Å². The van der Waals surface area contributed by atoms with Crippen LogP contribution in [0.4, 0.5) is 21.9 Å². The molecule has 4 aliphatic heterocycles. The average molecular weight is 1530 g/mol. The number of phenolic OH excluding ortho intramolecular Hbond substituents is 1. The molecule has 1 fully saturated rings. The number of Topliss-reactive ketones (excluding diaryl/α,β-unsaturated/α-hetero) is 1. The highest BCUT2D eigenvalue weighted by Gasteiger charge is 2.45. The number of aromatic hydroxyl groups is 1. The molecule has 4 bridgehead atoms. The fraction of sp³-hybridized carbons (Fsp3) is 0.458. The number of piperidine rings is 1. The number of carbonyl (C=O) groups is 8. The van der Waals surface area contributed by atoms with E-state index in [1.54, 1.807) is 71.9 Å². The number of phenols is 1. The van der Waals surface area contributed by atoms with Crippen LogP contribution in [0.5, 0.6) is 17.2 Å². The summed E-state index contributed by atoms with van der Waals surface area (Å²) in [4.78, 5) is 141. The number of nitrogens with zero attached hydrogens (tertiary/aromatic N) is 3. The predicted molar refractivity (Wildman–Crippen MR) is 416 cm³/mol. The molecule has 28 heteroatoms. The average Bonchev–Trinajstić information content (AvgIpc) is 1.65. The first-order valence-corrected chi connectivity index (χ1v) is 37.7. The molecule has 5 heterocycles. The van der Waals surface area contributed by atoms with E-state index < -0.39 is 118 Å². The number of aromatic nitrogens is 1. The van der Waals surface area contributed by atoms with Gasteiger partial charge >= 0.3 is 17.8 Å². The number of benzene rings is 5. The number of rotatable bonds is 24. The summed E-state index contributed by atoms with van der Waals surface area (Å²) in [6.07, 6.45) is 9.26. The number of ether oxygens (including phenoxy) is 5. The number of imide groups is 1. The number of unbranched alkanes of at least 4 members (excludes halogenated alkanes) is 2. The zero-order valence-corrected chi connectivity index (χ0v) is 64.4. The zero-order valence-electron chi connectivity index (χ0n) is 64.4. The topological polar surface area (TPSA) is 404 Å². The molecule has 4 aliphatic rings. The standard InChI is InChI=1S/C83H100N8O20/c1-43(2)68(87-62(95)20-13-12-14-35-91-63(96)29-30-64(91)97)58(93)39-54(19-16-34-85-82(84)105)81(104)86-55-25-21-51(22-26-55)42-107-57-27-23-52(24-28-57)53-31-36-90(37-32-53)56-40-59(94)69-61(41-56)110-78-70(88-69)65-66-74(100)49(8)77-67(65)79(102)83(10,111-77)108-38-33-60(106-11)46(5)76(109-50(9)92)48(7)73(99)47(6)72(98)44(3)17-15-18-45(4)80(103)89-71(78)75(66)101/h15,17-18,21-30,33,38,40-41,43-44,46-48,53-54,60,68,72-73,76,98-100,102H,12-14,16,19-20,31-32,34-37,39,42H2,1-11H3,(H,86,104)(H,87,95)(H,89,103)(H3,84,85,105)/b17-15+,38-33+,45-18-/t44-,46+,47+,48+,54+,60-,68-,72-,73+,76+,83-/m0/s1. The third kappa shape index (κ3) is 18.9. The number of allylic oxidation sites excluding steroid dienone is 2. The summed E-state index contributed by atoms with van der Waals surface area (Å²) in [5.41, 5.74) is 5.68. The number of anilines is 3. The summed E-state index contributed by atoms with van der Waals surface area (Å²) in [5, 5.41) is 58.1. The first kappa shape index (κ1) is 82.5. The Bertz CT molecular complexity index is 4830. The molecule has 111 heavy (non-hydrogen) atoms. The highest BCUT2D eigenvalue weighted by atomic mass is 16.7. The number of ketones is 1. The van der Waals surface area contributed by atoms with Gasteiger partial charge in [-0.1, -0.05) is 90.5 Å². The largest absolute Gasteiger partial charge is 0.507 e. The van der Waals surface area contributed by atoms with E-state index in [0.717, 1.165) is 16.0 Å². The lowest BCUT2D eigenvalue weighted by Crippen LogP contribution is -2.46. The van der Waals surface area contributed by atoms with Crippen LogP contribution in [0.15, 0.2) is 123 Å². The van der Waals surface area contributed by atoms with Gasteiger partial charge in [-0.05, 0) is 106 Å². The molecular formula is C83H100N8O20. The fourth-order valence-electron chi connectivity index (χ4n) is 15.0. The number of esters is 1. The Kier molecular flexibility index (Phi) is 26.6. The second-order valence-corrected chi connectivity index (χ2v) is 29.9. The molecule has 10 rings (SSSR count). The monoisotopic (exact) mass is 1530 g/mol. The number of hydrogen-bond acceptors (Lipinski definition) is 22. The Morgan fingerprint density at radius 3 is 2.19 bits per heavy atom. The van der Waals surface area contributed by atoms with Crippen LogP contribution in [0, 0.1) is 42.4 Å². The van der Waals surface area contributed by atoms with Crippen LogP contribution >= 0.6 is 0 Å². The number of amides is 7. The summed E-state index contributed by atoms with van der Waals surface area (Å²) >= 11 is 0. The van der Waals surface area contributed by atoms with Crippen LogP contribution < -0.4 is 57.5 Å². The van der Waals surface area contributed by atoms with Gasteiger partial charge in [-0.25, -0.2) is 9.78 Å². The number of aliphatic hydroxyl groups is 3. The summed E-state index contributed by atoms with van der Waals surface area (Å²) in [5.74, 6) is -9.51. The van der Waals surface area contributed by atoms with E-state index in [9.17, 15) is 63.6 Å². The van der Waals surface area contributed by atoms with E-state index in [1.807, 2.05) is 41.3 Å². The molecule has 0 saturated carbocycles. The summed E-state index contributed by atoms with van der Waals surface area (Å²) in [6.45, 7) is 17.8. The van der Waals surface area contributed by atoms with Crippen molar-refractivity contribution in [2.45, 2.75) is 176 Å². The van der Waals surface area contributed by atoms with Crippen molar-refractivity contribution in [3.8, 4) is 17.2 Å². The Labute approximate surface area is 642 Å². The van der Waals surface area contributed by atoms with Crippen LogP contribution in [0.25, 0.3) is 38.7 Å². The number of urea groups is 1. The fourth-order valence-corrected chi connectivity index (χ4v) is 15.0. The van der Waals surface area contributed by atoms with Gasteiger partial charge < -0.3 is 80.4 Å². The van der Waals surface area contributed by atoms with Crippen LogP contribution in [0.1, 0.15) is 143 Å². The summed E-state index contributed by atoms with van der Waals surface area (Å²) in [6, 6.07) is 16.4. The van der Waals surface area contributed by atoms with Gasteiger partial charge in [0.25, 0.3) is 17.7 Å². The lowest BCUT2D eigenvalue weighted by atomic mass is 9.78. The van der Waals surface area contributed by atoms with Crippen LogP contribution in [-0.2, 0) is 54.4 Å². The zero-order chi connectivity index (χ0) is 80.4. The molecule has 1 aromatic heterocycles. The normalized spacial score (nSPS) is 23.6. The molecule has 10 N–H and O–H groups in total. The third-order valence-corrected chi connectivity index (χ3v) is 21.6. The number of nitrogens with one attached hydrogen (secondary N) is 4. The Morgan fingerprint density at radius 2 is 1.53 bits per heavy atom. The molecule has 6 aromatic rings. The lowest BCUT2D eigenvalue weighted by molar-refractivity contribution is -0.160. The van der Waals surface area contributed by atoms with Gasteiger partial charge in [0.05, 0.1) is 41.2 Å². The van der Waals surface area contributed by atoms with Gasteiger partial charge in [0.15, 0.2) is 28.2 Å². The Balaban J connectivity index is 0.828. The molecule has 11 atom stereocenters. The molecule has 0 spiro atoms. The van der Waals surface area contributed by atoms with E-state index in [0.29, 0.717) is 68.7 Å². The maximum atomic E-state index is 15.2. The van der Waals surface area contributed by atoms with Crippen molar-refractivity contribution in [1.29, 1.82) is 0 Å². The first-order chi connectivity index (χ1) is 52.8. The molecule has 0 unspecified atom stereocenters. The molecular weight excluding hydrogens is 1430 g/mol. The number of aliphatic hydroxyl groups excluding tert-OH is 3. The molecule has 0 radical (unpaired) electrons. The van der Waals surface area contributed by atoms with E-state index in [1.165, 1.54) is 71.4 Å². The highest BCUT2D eigenvalue weighted by molar-refractivity contribution is 6.17. The SMILES string of the molecule is CO[C@H]1/C=C/O[C@@]2(C)Oc3c(C)c(O)c4c(=O)c(c5oc6cc(N7CCC(c8ccc(OCc9ccc(NC(=O)[C@H](CCCNC(N)=O)CC(=O)[C@@H](NC(=O)CCCCCN%10C(=O)C=CC%10=O)C(C)C)cc9)cc8)CC7)cc(=O)c6nc5c4c3=C2O)NC(=O)/C(C)=C\C=C\[C@H](C)[C@H](O)[C@@H](C)[C@@H](O)[C@@H](C)[C@H](OC(C)=O)[C@@H]1C. The van der Waals surface area contributed by atoms with Gasteiger partial charge in [-0.3, -0.25) is 48.1 Å². The van der Waals surface area contributed by atoms with E-state index in [-0.39, 0.29) is 129 Å². The number of nitrogens with two attached hydrogens (primary N) is 1. The van der Waals surface area contributed by atoms with Crippen molar-refractivity contribution < 1.29 is 86.9 Å². The number of fused-ring (bicyclic) bond motifs is 2. The minimum Gasteiger partial charge on any atom is -0.507 e. The summed E-state index contributed by atoms with van der Waals surface area (Å²) < 4.78 is 37.1. The minimum absolute atomic E-state index is 0.0152. The van der Waals surface area contributed by atoms with Crippen molar-refractivity contribution in [2.75, 3.05) is 48.8 Å². The molecule has 7 amide bonds. The van der Waals surface area contributed by atoms with Crippen LogP contribution in [0.3, 0.4) is 0 Å². The van der Waals surface area contributed by atoms with Gasteiger partial charge in [0, 0.05) is 142 Å². The second-order valence-electron chi connectivity index (χ2n) is 29.9. The Morgan fingerprint density at radius 1 is 0.838 bits per heavy atom. The highest BCUT2D eigenvalue weighted by Crippen LogP contribution is 2.43. The minimum atomic E-state index is -2.05. The maximum Gasteiger partial charge on any atom is 0.312 e. The predicted octanol–water partition coefficient (Wildman–Crippen LogP) is 9.11. The van der Waals surface area contributed by atoms with Crippen molar-refractivity contribution in [3.63, 3.8) is 0 Å². The van der Waals surface area contributed by atoms with E-state index in [4.69, 9.17) is 38.8 Å². The molecule has 1 saturated heterocycles. The van der Waals surface area contributed by atoms with E-state index in [2.05, 4.69) is 21.3 Å². The maximum absolute atomic E-state index is 15.2. The second kappa shape index (κ2) is 35.8. The van der Waals surface area contributed by atoms with Crippen molar-refractivity contribution in [2.24, 2.45) is 41.2 Å². The van der Waals surface area contributed by atoms with Crippen LogP contribution in [-0.4, -0.2) is 147 Å². The van der Waals surface area contributed by atoms with Crippen molar-refractivity contribution in [3.05, 3.63) is 151 Å². The molecule has 5 aromatic carbocycles. The number of carbonyl (C=O) groups excluding carboxylic acids is 8. The smallest absolute Gasteiger partial charge is 0.312 e. The Hall–Kier alpha value is -11.0. The van der Waals surface area contributed by atoms with Gasteiger partial charge in [0.2, 0.25) is 22.7 Å².